The molecule has 27 heavy (non-hydrogen) atoms. The van der Waals surface area contributed by atoms with E-state index in [9.17, 15) is 18.8 Å². The Morgan fingerprint density at radius 3 is 2.37 bits per heavy atom. The van der Waals surface area contributed by atoms with Gasteiger partial charge in [-0.1, -0.05) is 17.7 Å². The van der Waals surface area contributed by atoms with Crippen LogP contribution in [0, 0.1) is 5.82 Å². The molecule has 1 N–H and O–H groups in total. The fraction of sp³-hybridized carbons (Fsp3) is 0.211. The molecular weight excluding hydrogens is 375 g/mol. The Kier molecular flexibility index (Phi) is 6.90. The van der Waals surface area contributed by atoms with E-state index in [2.05, 4.69) is 10.1 Å². The number of anilines is 1. The second kappa shape index (κ2) is 9.14. The standard InChI is InChI=1S/C19H18ClFN2O4/c1-12(24)23(14-8-6-13(7-9-14)19(26)27-2)11-10-22-18(25)17-15(20)4-3-5-16(17)21/h3-9H,10-11H2,1-2H3,(H,22,25). The van der Waals surface area contributed by atoms with Crippen molar-refractivity contribution in [2.75, 3.05) is 25.1 Å². The summed E-state index contributed by atoms with van der Waals surface area (Å²) in [7, 11) is 1.28. The number of methoxy groups -OCH3 is 1. The van der Waals surface area contributed by atoms with Gasteiger partial charge in [0.15, 0.2) is 0 Å². The molecule has 0 aromatic heterocycles. The number of benzene rings is 2. The Labute approximate surface area is 160 Å². The lowest BCUT2D eigenvalue weighted by Crippen LogP contribution is -2.37. The van der Waals surface area contributed by atoms with Crippen molar-refractivity contribution >= 4 is 35.1 Å². The number of nitrogens with one attached hydrogen (secondary N) is 1. The number of ether oxygens (including phenoxy) is 1. The molecule has 0 fully saturated rings. The summed E-state index contributed by atoms with van der Waals surface area (Å²) in [4.78, 5) is 36.9. The van der Waals surface area contributed by atoms with Crippen molar-refractivity contribution in [3.63, 3.8) is 0 Å². The van der Waals surface area contributed by atoms with Gasteiger partial charge in [-0.2, -0.15) is 0 Å². The molecule has 6 nitrogen and oxygen atoms in total. The van der Waals surface area contributed by atoms with E-state index in [-0.39, 0.29) is 29.6 Å². The van der Waals surface area contributed by atoms with E-state index in [0.29, 0.717) is 11.3 Å². The Bertz CT molecular complexity index is 835. The molecule has 0 saturated carbocycles. The first-order valence-electron chi connectivity index (χ1n) is 8.04. The molecule has 2 rings (SSSR count). The first-order valence-corrected chi connectivity index (χ1v) is 8.41. The quantitative estimate of drug-likeness (QED) is 0.767. The molecule has 0 bridgehead atoms. The van der Waals surface area contributed by atoms with Crippen LogP contribution in [0.5, 0.6) is 0 Å². The molecule has 0 aliphatic rings. The van der Waals surface area contributed by atoms with Crippen LogP contribution in [0.4, 0.5) is 10.1 Å². The van der Waals surface area contributed by atoms with E-state index in [4.69, 9.17) is 11.6 Å². The fourth-order valence-corrected chi connectivity index (χ4v) is 2.70. The van der Waals surface area contributed by atoms with Crippen LogP contribution >= 0.6 is 11.6 Å². The normalized spacial score (nSPS) is 10.2. The highest BCUT2D eigenvalue weighted by Gasteiger charge is 2.17. The summed E-state index contributed by atoms with van der Waals surface area (Å²) in [6, 6.07) is 10.2. The third-order valence-electron chi connectivity index (χ3n) is 3.79. The zero-order valence-corrected chi connectivity index (χ0v) is 15.5. The van der Waals surface area contributed by atoms with E-state index >= 15 is 0 Å². The highest BCUT2D eigenvalue weighted by Crippen LogP contribution is 2.19. The topological polar surface area (TPSA) is 75.7 Å². The summed E-state index contributed by atoms with van der Waals surface area (Å²) in [6.45, 7) is 1.62. The number of rotatable bonds is 6. The minimum Gasteiger partial charge on any atom is -0.465 e. The summed E-state index contributed by atoms with van der Waals surface area (Å²) in [5.41, 5.74) is 0.663. The van der Waals surface area contributed by atoms with Crippen LogP contribution in [0.1, 0.15) is 27.6 Å². The van der Waals surface area contributed by atoms with Crippen LogP contribution in [-0.2, 0) is 9.53 Å². The number of halogens is 2. The van der Waals surface area contributed by atoms with Crippen molar-refractivity contribution in [1.29, 1.82) is 0 Å². The number of carbonyl (C=O) groups excluding carboxylic acids is 3. The molecule has 142 valence electrons. The summed E-state index contributed by atoms with van der Waals surface area (Å²) < 4.78 is 18.4. The highest BCUT2D eigenvalue weighted by atomic mass is 35.5. The minimum absolute atomic E-state index is 0.00863. The minimum atomic E-state index is -0.721. The Hall–Kier alpha value is -2.93. The lowest BCUT2D eigenvalue weighted by Gasteiger charge is -2.21. The average molecular weight is 393 g/mol. The van der Waals surface area contributed by atoms with Crippen LogP contribution in [0.3, 0.4) is 0 Å². The second-order valence-corrected chi connectivity index (χ2v) is 5.97. The molecule has 0 heterocycles. The zero-order chi connectivity index (χ0) is 20.0. The van der Waals surface area contributed by atoms with Crippen molar-refractivity contribution in [3.05, 3.63) is 64.4 Å². The van der Waals surface area contributed by atoms with Crippen LogP contribution < -0.4 is 10.2 Å². The maximum absolute atomic E-state index is 13.8. The summed E-state index contributed by atoms with van der Waals surface area (Å²) in [5.74, 6) is -2.12. The Morgan fingerprint density at radius 1 is 1.15 bits per heavy atom. The van der Waals surface area contributed by atoms with Crippen molar-refractivity contribution in [2.24, 2.45) is 0 Å². The number of amides is 2. The van der Waals surface area contributed by atoms with Gasteiger partial charge in [0, 0.05) is 25.7 Å². The lowest BCUT2D eigenvalue weighted by atomic mass is 10.2. The molecule has 0 aliphatic heterocycles. The van der Waals surface area contributed by atoms with Gasteiger partial charge in [0.25, 0.3) is 5.91 Å². The Morgan fingerprint density at radius 2 is 1.81 bits per heavy atom. The molecule has 0 radical (unpaired) electrons. The summed E-state index contributed by atoms with van der Waals surface area (Å²) in [6.07, 6.45) is 0. The molecule has 0 spiro atoms. The van der Waals surface area contributed by atoms with Crippen molar-refractivity contribution in [2.45, 2.75) is 6.92 Å². The number of hydrogen-bond donors (Lipinski definition) is 1. The molecule has 0 atom stereocenters. The molecule has 0 aliphatic carbocycles. The third kappa shape index (κ3) is 5.04. The predicted molar refractivity (Wildman–Crippen MR) is 99.6 cm³/mol. The van der Waals surface area contributed by atoms with Gasteiger partial charge in [0.2, 0.25) is 5.91 Å². The van der Waals surface area contributed by atoms with Gasteiger partial charge in [-0.3, -0.25) is 9.59 Å². The first kappa shape index (κ1) is 20.4. The number of hydrogen-bond acceptors (Lipinski definition) is 4. The van der Waals surface area contributed by atoms with Gasteiger partial charge in [-0.05, 0) is 36.4 Å². The third-order valence-corrected chi connectivity index (χ3v) is 4.11. The largest absolute Gasteiger partial charge is 0.465 e. The summed E-state index contributed by atoms with van der Waals surface area (Å²) in [5, 5.41) is 2.55. The van der Waals surface area contributed by atoms with E-state index in [0.717, 1.165) is 6.07 Å². The van der Waals surface area contributed by atoms with E-state index in [1.807, 2.05) is 0 Å². The smallest absolute Gasteiger partial charge is 0.337 e. The first-order chi connectivity index (χ1) is 12.8. The van der Waals surface area contributed by atoms with E-state index in [1.54, 1.807) is 12.1 Å². The van der Waals surface area contributed by atoms with Crippen LogP contribution in [0.2, 0.25) is 5.02 Å². The Balaban J connectivity index is 2.04. The molecule has 2 aromatic carbocycles. The molecule has 2 amide bonds. The molecule has 0 saturated heterocycles. The average Bonchev–Trinajstić information content (AvgIpc) is 2.64. The SMILES string of the molecule is COC(=O)c1ccc(N(CCNC(=O)c2c(F)cccc2Cl)C(C)=O)cc1. The van der Waals surface area contributed by atoms with Crippen LogP contribution in [0.25, 0.3) is 0 Å². The fourth-order valence-electron chi connectivity index (χ4n) is 2.45. The number of nitrogens with zero attached hydrogens (tertiary/aromatic N) is 1. The monoisotopic (exact) mass is 392 g/mol. The predicted octanol–water partition coefficient (Wildman–Crippen LogP) is 3.05. The van der Waals surface area contributed by atoms with Crippen LogP contribution in [0.15, 0.2) is 42.5 Å². The van der Waals surface area contributed by atoms with E-state index < -0.39 is 17.7 Å². The molecule has 2 aromatic rings. The summed E-state index contributed by atoms with van der Waals surface area (Å²) >= 11 is 5.86. The maximum Gasteiger partial charge on any atom is 0.337 e. The van der Waals surface area contributed by atoms with Gasteiger partial charge < -0.3 is 15.0 Å². The molecule has 0 unspecified atom stereocenters. The van der Waals surface area contributed by atoms with Gasteiger partial charge in [-0.25, -0.2) is 9.18 Å². The zero-order valence-electron chi connectivity index (χ0n) is 14.8. The second-order valence-electron chi connectivity index (χ2n) is 5.56. The molecule has 8 heteroatoms. The number of carbonyl (C=O) groups is 3. The van der Waals surface area contributed by atoms with Crippen molar-refractivity contribution in [3.8, 4) is 0 Å². The van der Waals surface area contributed by atoms with Gasteiger partial charge >= 0.3 is 5.97 Å². The van der Waals surface area contributed by atoms with Crippen molar-refractivity contribution < 1.29 is 23.5 Å². The van der Waals surface area contributed by atoms with Gasteiger partial charge in [0.05, 0.1) is 23.3 Å². The molecular formula is C19H18ClFN2O4. The number of esters is 1. The highest BCUT2D eigenvalue weighted by molar-refractivity contribution is 6.33. The lowest BCUT2D eigenvalue weighted by molar-refractivity contribution is -0.116. The van der Waals surface area contributed by atoms with Crippen molar-refractivity contribution in [1.82, 2.24) is 5.32 Å². The van der Waals surface area contributed by atoms with Gasteiger partial charge in [0.1, 0.15) is 5.82 Å². The van der Waals surface area contributed by atoms with E-state index in [1.165, 1.54) is 43.2 Å². The van der Waals surface area contributed by atoms with Gasteiger partial charge in [-0.15, -0.1) is 0 Å². The maximum atomic E-state index is 13.8. The van der Waals surface area contributed by atoms with Crippen LogP contribution in [-0.4, -0.2) is 38.0 Å².